The summed E-state index contributed by atoms with van der Waals surface area (Å²) in [5.41, 5.74) is 5.16. The van der Waals surface area contributed by atoms with Crippen LogP contribution in [-0.4, -0.2) is 26.8 Å². The average molecular weight is 177 g/mol. The van der Waals surface area contributed by atoms with Crippen LogP contribution < -0.4 is 5.73 Å². The topological polar surface area (TPSA) is 94.1 Å². The summed E-state index contributed by atoms with van der Waals surface area (Å²) in [6.45, 7) is 2.01. The molecular weight excluding hydrogens is 170 g/mol. The van der Waals surface area contributed by atoms with Crippen molar-refractivity contribution >= 4 is 21.9 Å². The number of ether oxygens (including phenoxy) is 1. The van der Waals surface area contributed by atoms with Crippen molar-refractivity contribution < 1.29 is 13.2 Å². The lowest BCUT2D eigenvalue weighted by atomic mass is 10.6. The van der Waals surface area contributed by atoms with Crippen LogP contribution in [0.1, 0.15) is 6.92 Å². The molecule has 0 atom stereocenters. The molecule has 0 spiro atoms. The second-order valence-corrected chi connectivity index (χ2v) is 3.01. The van der Waals surface area contributed by atoms with Crippen molar-refractivity contribution in [3.05, 3.63) is 0 Å². The van der Waals surface area contributed by atoms with Gasteiger partial charge in [0.05, 0.1) is 6.61 Å². The van der Waals surface area contributed by atoms with Gasteiger partial charge in [0.2, 0.25) is 5.84 Å². The molecule has 7 heteroatoms. The lowest BCUT2D eigenvalue weighted by molar-refractivity contribution is 0.335. The Labute approximate surface area is 64.0 Å². The maximum absolute atomic E-state index is 10.6. The summed E-state index contributed by atoms with van der Waals surface area (Å²) >= 11 is 0. The van der Waals surface area contributed by atoms with Gasteiger partial charge in [-0.2, -0.15) is 8.42 Å². The van der Waals surface area contributed by atoms with E-state index in [1.165, 1.54) is 0 Å². The highest BCUT2D eigenvalue weighted by Crippen LogP contribution is 2.04. The van der Waals surface area contributed by atoms with E-state index in [0.29, 0.717) is 6.61 Å². The van der Waals surface area contributed by atoms with Crippen molar-refractivity contribution in [1.82, 2.24) is 0 Å². The molecule has 6 nitrogen and oxygen atoms in total. The molecular formula is C4H7N3O3S. The van der Waals surface area contributed by atoms with Crippen molar-refractivity contribution in [2.24, 2.45) is 14.5 Å². The first kappa shape index (κ1) is 7.99. The predicted molar refractivity (Wildman–Crippen MR) is 39.6 cm³/mol. The summed E-state index contributed by atoms with van der Waals surface area (Å²) in [5, 5.41) is 0. The number of hydrogen-bond acceptors (Lipinski definition) is 4. The zero-order chi connectivity index (χ0) is 8.48. The van der Waals surface area contributed by atoms with Crippen LogP contribution in [0, 0.1) is 0 Å². The number of hydrogen-bond donors (Lipinski definition) is 1. The van der Waals surface area contributed by atoms with Gasteiger partial charge < -0.3 is 10.5 Å². The van der Waals surface area contributed by atoms with E-state index in [4.69, 9.17) is 10.5 Å². The van der Waals surface area contributed by atoms with Crippen LogP contribution in [0.2, 0.25) is 0 Å². The lowest BCUT2D eigenvalue weighted by Crippen LogP contribution is -2.23. The second-order valence-electron chi connectivity index (χ2n) is 1.75. The molecule has 11 heavy (non-hydrogen) atoms. The Morgan fingerprint density at radius 1 is 1.55 bits per heavy atom. The minimum absolute atomic E-state index is 0.118. The Hall–Kier alpha value is -1.11. The summed E-state index contributed by atoms with van der Waals surface area (Å²) in [7, 11) is -3.74. The summed E-state index contributed by atoms with van der Waals surface area (Å²) in [5.74, 6) is -0.306. The molecule has 0 fully saturated rings. The van der Waals surface area contributed by atoms with Gasteiger partial charge in [0.25, 0.3) is 5.90 Å². The molecule has 0 unspecified atom stereocenters. The van der Waals surface area contributed by atoms with Gasteiger partial charge in [0.1, 0.15) is 0 Å². The van der Waals surface area contributed by atoms with Gasteiger partial charge >= 0.3 is 10.2 Å². The molecule has 0 bridgehead atoms. The smallest absolute Gasteiger partial charge is 0.368 e. The Balaban J connectivity index is 2.95. The molecule has 1 aliphatic heterocycles. The highest BCUT2D eigenvalue weighted by molar-refractivity contribution is 7.89. The van der Waals surface area contributed by atoms with Crippen molar-refractivity contribution in [1.29, 1.82) is 0 Å². The lowest BCUT2D eigenvalue weighted by Gasteiger charge is -1.97. The molecule has 0 saturated carbocycles. The highest BCUT2D eigenvalue weighted by Gasteiger charge is 2.22. The van der Waals surface area contributed by atoms with Gasteiger partial charge in [-0.25, -0.2) is 0 Å². The predicted octanol–water partition coefficient (Wildman–Crippen LogP) is -0.963. The highest BCUT2D eigenvalue weighted by atomic mass is 32.2. The molecule has 62 valence electrons. The minimum Gasteiger partial charge on any atom is -0.475 e. The minimum atomic E-state index is -3.74. The van der Waals surface area contributed by atoms with Crippen molar-refractivity contribution in [3.63, 3.8) is 0 Å². The van der Waals surface area contributed by atoms with Gasteiger partial charge in [-0.3, -0.25) is 0 Å². The van der Waals surface area contributed by atoms with Crippen LogP contribution >= 0.6 is 0 Å². The molecule has 0 saturated heterocycles. The van der Waals surface area contributed by atoms with Gasteiger partial charge in [-0.05, 0) is 6.92 Å². The fraction of sp³-hybridized carbons (Fsp3) is 0.500. The van der Waals surface area contributed by atoms with E-state index >= 15 is 0 Å². The molecule has 0 amide bonds. The van der Waals surface area contributed by atoms with Crippen molar-refractivity contribution in [3.8, 4) is 0 Å². The van der Waals surface area contributed by atoms with E-state index in [2.05, 4.69) is 8.80 Å². The number of amidine groups is 1. The summed E-state index contributed by atoms with van der Waals surface area (Å²) in [6, 6.07) is 0. The molecule has 0 aromatic carbocycles. The van der Waals surface area contributed by atoms with Gasteiger partial charge in [0.15, 0.2) is 0 Å². The van der Waals surface area contributed by atoms with Gasteiger partial charge in [-0.1, -0.05) is 0 Å². The van der Waals surface area contributed by atoms with Gasteiger partial charge in [-0.15, -0.1) is 8.80 Å². The van der Waals surface area contributed by atoms with E-state index in [-0.39, 0.29) is 11.7 Å². The van der Waals surface area contributed by atoms with E-state index in [1.54, 1.807) is 6.92 Å². The monoisotopic (exact) mass is 177 g/mol. The molecule has 0 radical (unpaired) electrons. The molecule has 2 N–H and O–H groups in total. The maximum Gasteiger partial charge on any atom is 0.368 e. The van der Waals surface area contributed by atoms with Crippen LogP contribution in [0.3, 0.4) is 0 Å². The first-order valence-electron chi connectivity index (χ1n) is 2.88. The zero-order valence-corrected chi connectivity index (χ0v) is 6.63. The third-order valence-electron chi connectivity index (χ3n) is 0.912. The molecule has 1 heterocycles. The summed E-state index contributed by atoms with van der Waals surface area (Å²) in [6.07, 6.45) is 0. The number of nitrogens with zero attached hydrogens (tertiary/aromatic N) is 2. The first-order chi connectivity index (χ1) is 5.05. The van der Waals surface area contributed by atoms with Crippen LogP contribution in [0.5, 0.6) is 0 Å². The molecule has 1 rings (SSSR count). The second kappa shape index (κ2) is 2.50. The standard InChI is InChI=1S/C4H7N3O3S/c1-2-10-4-3(5)6-11(8,9)7-4/h2H2,1H3,(H2,5,6). The van der Waals surface area contributed by atoms with E-state index in [1.807, 2.05) is 0 Å². The fourth-order valence-corrected chi connectivity index (χ4v) is 1.30. The van der Waals surface area contributed by atoms with Crippen molar-refractivity contribution in [2.75, 3.05) is 6.61 Å². The molecule has 1 aliphatic rings. The Morgan fingerprint density at radius 2 is 2.18 bits per heavy atom. The van der Waals surface area contributed by atoms with E-state index < -0.39 is 10.2 Å². The fourth-order valence-electron chi connectivity index (χ4n) is 0.572. The van der Waals surface area contributed by atoms with Crippen LogP contribution in [0.25, 0.3) is 0 Å². The maximum atomic E-state index is 10.6. The van der Waals surface area contributed by atoms with E-state index in [9.17, 15) is 8.42 Å². The average Bonchev–Trinajstić information content (AvgIpc) is 2.07. The quantitative estimate of drug-likeness (QED) is 0.558. The Morgan fingerprint density at radius 3 is 2.55 bits per heavy atom. The largest absolute Gasteiger partial charge is 0.475 e. The molecule has 0 aromatic heterocycles. The number of nitrogens with two attached hydrogens (primary N) is 1. The van der Waals surface area contributed by atoms with Crippen LogP contribution in [-0.2, 0) is 14.9 Å². The van der Waals surface area contributed by atoms with Crippen molar-refractivity contribution in [2.45, 2.75) is 6.92 Å². The van der Waals surface area contributed by atoms with Crippen LogP contribution in [0.4, 0.5) is 0 Å². The van der Waals surface area contributed by atoms with Gasteiger partial charge in [0, 0.05) is 0 Å². The zero-order valence-electron chi connectivity index (χ0n) is 5.81. The third kappa shape index (κ3) is 1.67. The molecule has 0 aromatic rings. The normalized spacial score (nSPS) is 20.8. The molecule has 0 aliphatic carbocycles. The van der Waals surface area contributed by atoms with E-state index in [0.717, 1.165) is 0 Å². The third-order valence-corrected chi connectivity index (χ3v) is 1.74. The summed E-state index contributed by atoms with van der Waals surface area (Å²) < 4.78 is 32.1. The number of rotatable bonds is 1. The Bertz CT molecular complexity index is 315. The van der Waals surface area contributed by atoms with Crippen LogP contribution in [0.15, 0.2) is 8.80 Å². The first-order valence-corrected chi connectivity index (χ1v) is 4.28. The Kier molecular flexibility index (Phi) is 1.81. The summed E-state index contributed by atoms with van der Waals surface area (Å²) in [4.78, 5) is 0. The SMILES string of the molecule is CCOC1=NS(=O)(=O)N=C1N.